The van der Waals surface area contributed by atoms with Gasteiger partial charge in [-0.2, -0.15) is 0 Å². The Morgan fingerprint density at radius 1 is 1.93 bits per heavy atom. The summed E-state index contributed by atoms with van der Waals surface area (Å²) in [5.41, 5.74) is 0. The van der Waals surface area contributed by atoms with E-state index in [-0.39, 0.29) is 12.4 Å². The van der Waals surface area contributed by atoms with Gasteiger partial charge >= 0.3 is 96.9 Å². The number of hydrogen-bond donors (Lipinski definition) is 2. The van der Waals surface area contributed by atoms with Crippen molar-refractivity contribution in [3.63, 3.8) is 0 Å². The number of aliphatic hydroxyl groups is 1. The summed E-state index contributed by atoms with van der Waals surface area (Å²) < 4.78 is 22.1. The number of carbonyl (C=O) groups is 1. The fraction of sp³-hybridized carbons (Fsp3) is 0.833. The van der Waals surface area contributed by atoms with Crippen molar-refractivity contribution in [1.82, 2.24) is 0 Å². The number of ether oxygens (including phenoxy) is 2. The van der Waals surface area contributed by atoms with Gasteiger partial charge in [-0.15, -0.1) is 0 Å². The van der Waals surface area contributed by atoms with E-state index in [1.807, 2.05) is 0 Å². The third-order valence-corrected chi connectivity index (χ3v) is 4.01. The standard InChI is InChI=1S/C6H12IO5PS/c1-10-6-4(9)5(12-7(13)14)3(2-8)11-6/h3,5-6,8,14H,2,13H2,1H3/t3-,5+,6+/m1/s1/i8T. The van der Waals surface area contributed by atoms with Gasteiger partial charge in [0.05, 0.1) is 0 Å². The Morgan fingerprint density at radius 3 is 3.14 bits per heavy atom. The van der Waals surface area contributed by atoms with Crippen LogP contribution in [-0.4, -0.2) is 44.5 Å². The van der Waals surface area contributed by atoms with Crippen LogP contribution in [0.5, 0.6) is 0 Å². The SMILES string of the molecule is [3H]OC[C@H]1O[C@H](OC)C(=O)[C@H]1OI(P)S. The summed E-state index contributed by atoms with van der Waals surface area (Å²) >= 11 is -1.89. The van der Waals surface area contributed by atoms with Crippen molar-refractivity contribution in [2.24, 2.45) is 0 Å². The van der Waals surface area contributed by atoms with Crippen molar-refractivity contribution in [3.8, 4) is 0 Å². The van der Waals surface area contributed by atoms with E-state index < -0.39 is 36.8 Å². The zero-order valence-electron chi connectivity index (χ0n) is 8.38. The van der Waals surface area contributed by atoms with Gasteiger partial charge in [0.15, 0.2) is 0 Å². The van der Waals surface area contributed by atoms with Crippen molar-refractivity contribution >= 4 is 40.8 Å². The van der Waals surface area contributed by atoms with Gasteiger partial charge in [-0.05, 0) is 0 Å². The van der Waals surface area contributed by atoms with E-state index in [2.05, 4.69) is 21.8 Å². The summed E-state index contributed by atoms with van der Waals surface area (Å²) in [6.07, 6.45) is -2.25. The predicted molar refractivity (Wildman–Crippen MR) is 65.4 cm³/mol. The number of carbonyl (C=O) groups excluding carboxylic acids is 1. The zero-order valence-corrected chi connectivity index (χ0v) is 11.6. The second kappa shape index (κ2) is 5.93. The minimum atomic E-state index is -1.89. The van der Waals surface area contributed by atoms with Crippen LogP contribution in [0.25, 0.3) is 0 Å². The number of methoxy groups -OCH3 is 1. The maximum atomic E-state index is 11.6. The van der Waals surface area contributed by atoms with Crippen LogP contribution in [0.1, 0.15) is 0 Å². The van der Waals surface area contributed by atoms with Crippen molar-refractivity contribution in [1.29, 1.82) is 1.43 Å². The van der Waals surface area contributed by atoms with Crippen LogP contribution in [-0.2, 0) is 17.3 Å². The Kier molecular flexibility index (Phi) is 4.87. The number of thiol groups is 1. The zero-order chi connectivity index (χ0) is 11.4. The molecule has 1 heterocycles. The second-order valence-electron chi connectivity index (χ2n) is 2.58. The van der Waals surface area contributed by atoms with Crippen LogP contribution < -0.4 is 0 Å². The molecule has 14 heavy (non-hydrogen) atoms. The van der Waals surface area contributed by atoms with Crippen LogP contribution in [0.15, 0.2) is 0 Å². The predicted octanol–water partition coefficient (Wildman–Crippen LogP) is 0.361. The molecule has 0 spiro atoms. The Balaban J connectivity index is 2.65. The fourth-order valence-corrected chi connectivity index (χ4v) is 3.57. The number of Topliss-reactive ketones (excluding diaryl/α,β-unsaturated/α-hetero) is 1. The topological polar surface area (TPSA) is 65.0 Å². The van der Waals surface area contributed by atoms with E-state index in [4.69, 9.17) is 14.0 Å². The molecule has 0 aromatic carbocycles. The van der Waals surface area contributed by atoms with Gasteiger partial charge in [-0.25, -0.2) is 0 Å². The number of hydrogen-bond acceptors (Lipinski definition) is 6. The summed E-state index contributed by atoms with van der Waals surface area (Å²) in [4.78, 5) is 11.6. The van der Waals surface area contributed by atoms with Gasteiger partial charge in [-0.3, -0.25) is 0 Å². The molecular formula is C6H12IO5PS. The molecule has 0 aromatic heterocycles. The van der Waals surface area contributed by atoms with Crippen LogP contribution in [0.3, 0.4) is 0 Å². The average molecular weight is 356 g/mol. The third kappa shape index (κ3) is 3.01. The summed E-state index contributed by atoms with van der Waals surface area (Å²) in [5, 5.41) is 4.20. The van der Waals surface area contributed by atoms with E-state index in [1.54, 1.807) is 0 Å². The van der Waals surface area contributed by atoms with E-state index >= 15 is 0 Å². The van der Waals surface area contributed by atoms with Crippen LogP contribution in [0, 0.1) is 0 Å². The number of aliphatic hydroxyl groups excluding tert-OH is 1. The maximum absolute atomic E-state index is 11.6. The summed E-state index contributed by atoms with van der Waals surface area (Å²) in [6, 6.07) is 0. The second-order valence-corrected chi connectivity index (χ2v) is 11.9. The van der Waals surface area contributed by atoms with Crippen molar-refractivity contribution in [2.75, 3.05) is 13.7 Å². The summed E-state index contributed by atoms with van der Waals surface area (Å²) in [6.45, 7) is 2.42. The normalized spacial score (nSPS) is 34.5. The van der Waals surface area contributed by atoms with Crippen molar-refractivity contribution in [2.45, 2.75) is 18.5 Å². The summed E-state index contributed by atoms with van der Waals surface area (Å²) in [5.74, 6) is -0.279. The fourth-order valence-electron chi connectivity index (χ4n) is 1.11. The van der Waals surface area contributed by atoms with Crippen molar-refractivity contribution < 1.29 is 22.4 Å². The van der Waals surface area contributed by atoms with Crippen molar-refractivity contribution in [3.05, 3.63) is 0 Å². The monoisotopic (exact) mass is 356 g/mol. The third-order valence-electron chi connectivity index (χ3n) is 1.71. The molecule has 1 aliphatic heterocycles. The molecule has 8 heteroatoms. The minimum absolute atomic E-state index is 0.0291. The molecule has 5 nitrogen and oxygen atoms in total. The first-order chi connectivity index (χ1) is 7.10. The molecule has 0 aromatic rings. The Morgan fingerprint density at radius 2 is 2.64 bits per heavy atom. The van der Waals surface area contributed by atoms with Gasteiger partial charge in [0, 0.05) is 0 Å². The van der Waals surface area contributed by atoms with Gasteiger partial charge < -0.3 is 0 Å². The molecule has 1 rings (SSSR count). The Labute approximate surface area is 96.7 Å². The number of ketones is 1. The molecule has 1 aliphatic rings. The molecule has 0 amide bonds. The van der Waals surface area contributed by atoms with Crippen LogP contribution >= 0.6 is 35.0 Å². The summed E-state index contributed by atoms with van der Waals surface area (Å²) in [7, 11) is 5.52. The first-order valence-electron chi connectivity index (χ1n) is 4.11. The molecule has 1 unspecified atom stereocenters. The van der Waals surface area contributed by atoms with Gasteiger partial charge in [-0.1, -0.05) is 0 Å². The van der Waals surface area contributed by atoms with Gasteiger partial charge in [0.2, 0.25) is 0 Å². The van der Waals surface area contributed by atoms with E-state index in [9.17, 15) is 4.79 Å². The molecule has 0 radical (unpaired) electrons. The average Bonchev–Trinajstić information content (AvgIpc) is 2.46. The molecule has 1 saturated heterocycles. The van der Waals surface area contributed by atoms with E-state index in [0.29, 0.717) is 0 Å². The molecule has 84 valence electrons. The molecular weight excluding hydrogens is 342 g/mol. The molecule has 0 aliphatic carbocycles. The van der Waals surface area contributed by atoms with E-state index in [1.165, 1.54) is 7.11 Å². The van der Waals surface area contributed by atoms with Gasteiger partial charge in [0.1, 0.15) is 0 Å². The van der Waals surface area contributed by atoms with Gasteiger partial charge in [0.25, 0.3) is 0 Å². The first kappa shape index (κ1) is 11.5. The molecule has 0 bridgehead atoms. The molecule has 1 N–H and O–H groups in total. The molecule has 4 atom stereocenters. The number of halogens is 1. The van der Waals surface area contributed by atoms with Crippen LogP contribution in [0.2, 0.25) is 0 Å². The Bertz CT molecular complexity index is 234. The Hall–Kier alpha value is 1.02. The quantitative estimate of drug-likeness (QED) is 0.423. The molecule has 0 saturated carbocycles. The number of rotatable bonds is 5. The van der Waals surface area contributed by atoms with Crippen LogP contribution in [0.4, 0.5) is 0 Å². The van der Waals surface area contributed by atoms with E-state index in [0.717, 1.165) is 0 Å². The molecule has 1 fully saturated rings. The first-order valence-corrected chi connectivity index (χ1v) is 12.0.